The van der Waals surface area contributed by atoms with Crippen molar-refractivity contribution in [3.63, 3.8) is 0 Å². The lowest BCUT2D eigenvalue weighted by atomic mass is 9.94. The van der Waals surface area contributed by atoms with Gasteiger partial charge in [-0.05, 0) is 52.1 Å². The number of likely N-dealkylation sites (tertiary alicyclic amines) is 1. The highest BCUT2D eigenvalue weighted by atomic mass is 35.5. The van der Waals surface area contributed by atoms with Crippen molar-refractivity contribution < 1.29 is 9.53 Å². The molecule has 1 amide bonds. The summed E-state index contributed by atoms with van der Waals surface area (Å²) >= 11 is 0. The van der Waals surface area contributed by atoms with Crippen LogP contribution in [0.25, 0.3) is 0 Å². The van der Waals surface area contributed by atoms with E-state index in [-0.39, 0.29) is 43.1 Å². The number of amides is 1. The summed E-state index contributed by atoms with van der Waals surface area (Å²) in [6.45, 7) is 13.1. The van der Waals surface area contributed by atoms with Crippen molar-refractivity contribution in [2.45, 2.75) is 58.8 Å². The predicted octanol–water partition coefficient (Wildman–Crippen LogP) is 2.42. The first-order valence-electron chi connectivity index (χ1n) is 9.25. The van der Waals surface area contributed by atoms with Gasteiger partial charge in [0, 0.05) is 26.2 Å². The minimum Gasteiger partial charge on any atom is -0.373 e. The van der Waals surface area contributed by atoms with Gasteiger partial charge < -0.3 is 15.0 Å². The monoisotopic (exact) mass is 397 g/mol. The smallest absolute Gasteiger partial charge is 0.240 e. The molecule has 0 spiro atoms. The number of morpholine rings is 1. The van der Waals surface area contributed by atoms with Crippen molar-refractivity contribution in [2.75, 3.05) is 39.8 Å². The SMILES string of the molecule is CNCC1CCN(C(=O)C(C(C)C)N2CC(C)OC(C)C2)CC1.Cl.Cl. The Morgan fingerprint density at radius 2 is 1.64 bits per heavy atom. The van der Waals surface area contributed by atoms with Crippen molar-refractivity contribution in [1.82, 2.24) is 15.1 Å². The first-order valence-corrected chi connectivity index (χ1v) is 9.25. The number of carbonyl (C=O) groups is 1. The summed E-state index contributed by atoms with van der Waals surface area (Å²) in [7, 11) is 2.01. The van der Waals surface area contributed by atoms with E-state index >= 15 is 0 Å². The van der Waals surface area contributed by atoms with Crippen LogP contribution in [0, 0.1) is 11.8 Å². The first-order chi connectivity index (χ1) is 10.9. The maximum Gasteiger partial charge on any atom is 0.240 e. The Balaban J connectivity index is 0.00000288. The van der Waals surface area contributed by atoms with E-state index in [1.54, 1.807) is 0 Å². The van der Waals surface area contributed by atoms with E-state index < -0.39 is 0 Å². The number of nitrogens with one attached hydrogen (secondary N) is 1. The molecule has 0 aromatic rings. The summed E-state index contributed by atoms with van der Waals surface area (Å²) in [6, 6.07) is -0.00958. The van der Waals surface area contributed by atoms with Gasteiger partial charge in [0.05, 0.1) is 18.2 Å². The van der Waals surface area contributed by atoms with Crippen LogP contribution in [0.4, 0.5) is 0 Å². The van der Waals surface area contributed by atoms with Gasteiger partial charge in [-0.1, -0.05) is 13.8 Å². The summed E-state index contributed by atoms with van der Waals surface area (Å²) in [6.07, 6.45) is 2.64. The summed E-state index contributed by atoms with van der Waals surface area (Å²) in [5, 5.41) is 3.26. The number of halogens is 2. The molecule has 0 aromatic carbocycles. The van der Waals surface area contributed by atoms with Crippen LogP contribution in [-0.2, 0) is 9.53 Å². The standard InChI is InChI=1S/C18H35N3O2.2ClH/c1-13(2)17(21-11-14(3)23-15(4)12-21)18(22)20-8-6-16(7-9-20)10-19-5;;/h13-17,19H,6-12H2,1-5H3;2*1H. The lowest BCUT2D eigenvalue weighted by Gasteiger charge is -2.43. The number of ether oxygens (including phenoxy) is 1. The Morgan fingerprint density at radius 1 is 1.12 bits per heavy atom. The second-order valence-corrected chi connectivity index (χ2v) is 7.73. The second kappa shape index (κ2) is 11.6. The number of hydrogen-bond donors (Lipinski definition) is 1. The largest absolute Gasteiger partial charge is 0.373 e. The molecule has 0 aromatic heterocycles. The molecule has 0 bridgehead atoms. The molecular formula is C18H37Cl2N3O2. The zero-order valence-electron chi connectivity index (χ0n) is 16.4. The summed E-state index contributed by atoms with van der Waals surface area (Å²) < 4.78 is 5.84. The third-order valence-electron chi connectivity index (χ3n) is 5.14. The Hall–Kier alpha value is -0.0700. The normalized spacial score (nSPS) is 26.7. The Labute approximate surface area is 166 Å². The van der Waals surface area contributed by atoms with E-state index in [4.69, 9.17) is 4.74 Å². The highest BCUT2D eigenvalue weighted by Crippen LogP contribution is 2.23. The number of nitrogens with zero attached hydrogens (tertiary/aromatic N) is 2. The zero-order chi connectivity index (χ0) is 17.0. The average molecular weight is 398 g/mol. The molecule has 2 aliphatic rings. The van der Waals surface area contributed by atoms with Crippen molar-refractivity contribution >= 4 is 30.7 Å². The van der Waals surface area contributed by atoms with Crippen LogP contribution >= 0.6 is 24.8 Å². The van der Waals surface area contributed by atoms with Crippen molar-refractivity contribution in [3.05, 3.63) is 0 Å². The van der Waals surface area contributed by atoms with E-state index in [0.717, 1.165) is 45.6 Å². The highest BCUT2D eigenvalue weighted by molar-refractivity contribution is 5.85. The maximum atomic E-state index is 13.1. The predicted molar refractivity (Wildman–Crippen MR) is 108 cm³/mol. The molecule has 2 heterocycles. The molecule has 0 aliphatic carbocycles. The molecule has 1 N–H and O–H groups in total. The minimum atomic E-state index is -0.00958. The summed E-state index contributed by atoms with van der Waals surface area (Å²) in [4.78, 5) is 17.6. The van der Waals surface area contributed by atoms with Gasteiger partial charge in [0.25, 0.3) is 0 Å². The molecule has 25 heavy (non-hydrogen) atoms. The highest BCUT2D eigenvalue weighted by Gasteiger charge is 2.37. The van der Waals surface area contributed by atoms with E-state index in [1.165, 1.54) is 0 Å². The Kier molecular flexibility index (Phi) is 11.6. The molecule has 0 saturated carbocycles. The number of hydrogen-bond acceptors (Lipinski definition) is 4. The first kappa shape index (κ1) is 24.9. The van der Waals surface area contributed by atoms with E-state index in [0.29, 0.717) is 17.7 Å². The van der Waals surface area contributed by atoms with Crippen LogP contribution < -0.4 is 5.32 Å². The van der Waals surface area contributed by atoms with Gasteiger partial charge in [0.15, 0.2) is 0 Å². The van der Waals surface area contributed by atoms with Gasteiger partial charge in [-0.3, -0.25) is 9.69 Å². The Bertz CT molecular complexity index is 381. The quantitative estimate of drug-likeness (QED) is 0.773. The van der Waals surface area contributed by atoms with E-state index in [1.807, 2.05) is 7.05 Å². The molecule has 5 nitrogen and oxygen atoms in total. The third-order valence-corrected chi connectivity index (χ3v) is 5.14. The molecule has 2 aliphatic heterocycles. The average Bonchev–Trinajstić information content (AvgIpc) is 2.47. The molecule has 0 radical (unpaired) electrons. The molecule has 2 fully saturated rings. The molecule has 2 saturated heterocycles. The fraction of sp³-hybridized carbons (Fsp3) is 0.944. The lowest BCUT2D eigenvalue weighted by Crippen LogP contribution is -2.58. The van der Waals surface area contributed by atoms with Crippen molar-refractivity contribution in [3.8, 4) is 0 Å². The topological polar surface area (TPSA) is 44.8 Å². The van der Waals surface area contributed by atoms with Gasteiger partial charge in [-0.25, -0.2) is 0 Å². The van der Waals surface area contributed by atoms with Crippen LogP contribution in [0.1, 0.15) is 40.5 Å². The third kappa shape index (κ3) is 6.87. The van der Waals surface area contributed by atoms with Gasteiger partial charge in [0.1, 0.15) is 0 Å². The van der Waals surface area contributed by atoms with Crippen molar-refractivity contribution in [2.24, 2.45) is 11.8 Å². The van der Waals surface area contributed by atoms with Crippen LogP contribution in [0.15, 0.2) is 0 Å². The van der Waals surface area contributed by atoms with Crippen LogP contribution in [-0.4, -0.2) is 73.7 Å². The Morgan fingerprint density at radius 3 is 2.08 bits per heavy atom. The van der Waals surface area contributed by atoms with Gasteiger partial charge in [0.2, 0.25) is 5.91 Å². The molecule has 3 unspecified atom stereocenters. The fourth-order valence-corrected chi connectivity index (χ4v) is 4.14. The van der Waals surface area contributed by atoms with Gasteiger partial charge in [-0.15, -0.1) is 24.8 Å². The number of carbonyl (C=O) groups excluding carboxylic acids is 1. The van der Waals surface area contributed by atoms with Crippen LogP contribution in [0.3, 0.4) is 0 Å². The zero-order valence-corrected chi connectivity index (χ0v) is 18.0. The van der Waals surface area contributed by atoms with Gasteiger partial charge >= 0.3 is 0 Å². The summed E-state index contributed by atoms with van der Waals surface area (Å²) in [5.41, 5.74) is 0. The molecule has 3 atom stereocenters. The molecule has 7 heteroatoms. The maximum absolute atomic E-state index is 13.1. The van der Waals surface area contributed by atoms with Crippen molar-refractivity contribution in [1.29, 1.82) is 0 Å². The van der Waals surface area contributed by atoms with Crippen LogP contribution in [0.2, 0.25) is 0 Å². The van der Waals surface area contributed by atoms with E-state index in [2.05, 4.69) is 42.8 Å². The molecular weight excluding hydrogens is 361 g/mol. The number of piperidine rings is 1. The fourth-order valence-electron chi connectivity index (χ4n) is 4.14. The number of rotatable bonds is 5. The van der Waals surface area contributed by atoms with Crippen LogP contribution in [0.5, 0.6) is 0 Å². The molecule has 2 rings (SSSR count). The summed E-state index contributed by atoms with van der Waals surface area (Å²) in [5.74, 6) is 1.37. The van der Waals surface area contributed by atoms with E-state index in [9.17, 15) is 4.79 Å². The lowest BCUT2D eigenvalue weighted by molar-refractivity contribution is -0.146. The molecule has 150 valence electrons. The second-order valence-electron chi connectivity index (χ2n) is 7.73. The van der Waals surface area contributed by atoms with Gasteiger partial charge in [-0.2, -0.15) is 0 Å². The minimum absolute atomic E-state index is 0.